The number of fused-ring (bicyclic) bond motifs is 3. The molecule has 5 rings (SSSR count). The predicted octanol–water partition coefficient (Wildman–Crippen LogP) is 6.85. The Morgan fingerprint density at radius 3 is 1.89 bits per heavy atom. The summed E-state index contributed by atoms with van der Waals surface area (Å²) in [5, 5.41) is 5.87. The molecule has 70 heavy (non-hydrogen) atoms. The molecule has 1 aliphatic carbocycles. The fourth-order valence-electron chi connectivity index (χ4n) is 10.5. The summed E-state index contributed by atoms with van der Waals surface area (Å²) in [5.74, 6) is -3.71. The third-order valence-electron chi connectivity index (χ3n) is 14.5. The quantitative estimate of drug-likeness (QED) is 0.0958. The molecule has 0 bridgehead atoms. The molecule has 0 saturated carbocycles. The number of rotatable bonds is 23. The van der Waals surface area contributed by atoms with Gasteiger partial charge in [0.1, 0.15) is 24.7 Å². The van der Waals surface area contributed by atoms with Crippen molar-refractivity contribution < 1.29 is 47.7 Å². The van der Waals surface area contributed by atoms with E-state index in [2.05, 4.69) is 22.8 Å². The van der Waals surface area contributed by atoms with E-state index in [0.717, 1.165) is 27.8 Å². The molecule has 382 valence electrons. The van der Waals surface area contributed by atoms with Gasteiger partial charge in [0.2, 0.25) is 23.6 Å². The minimum absolute atomic E-state index is 0.0583. The zero-order valence-electron chi connectivity index (χ0n) is 43.3. The van der Waals surface area contributed by atoms with E-state index < -0.39 is 72.2 Å². The summed E-state index contributed by atoms with van der Waals surface area (Å²) in [7, 11) is 7.55. The van der Waals surface area contributed by atoms with Crippen LogP contribution in [0.1, 0.15) is 96.8 Å². The predicted molar refractivity (Wildman–Crippen MR) is 268 cm³/mol. The van der Waals surface area contributed by atoms with Crippen LogP contribution < -0.4 is 10.6 Å². The lowest BCUT2D eigenvalue weighted by atomic mass is 9.89. The Kier molecular flexibility index (Phi) is 20.0. The van der Waals surface area contributed by atoms with Gasteiger partial charge in [-0.2, -0.15) is 0 Å². The number of methoxy groups -OCH3 is 3. The number of nitrogens with one attached hydrogen (secondary N) is 2. The molecule has 2 aliphatic rings. The molecule has 3 aromatic carbocycles. The largest absolute Gasteiger partial charge is 0.467 e. The van der Waals surface area contributed by atoms with E-state index in [1.807, 2.05) is 108 Å². The van der Waals surface area contributed by atoms with Crippen LogP contribution in [-0.4, -0.2) is 141 Å². The van der Waals surface area contributed by atoms with Crippen LogP contribution in [0.2, 0.25) is 0 Å². The molecule has 15 nitrogen and oxygen atoms in total. The van der Waals surface area contributed by atoms with E-state index in [1.54, 1.807) is 30.8 Å². The molecule has 15 heteroatoms. The van der Waals surface area contributed by atoms with Crippen molar-refractivity contribution in [1.82, 2.24) is 25.3 Å². The molecule has 0 aromatic heterocycles. The van der Waals surface area contributed by atoms with Gasteiger partial charge in [-0.15, -0.1) is 0 Å². The molecule has 1 saturated heterocycles. The Labute approximate surface area is 415 Å². The molecular weight excluding hydrogens is 891 g/mol. The lowest BCUT2D eigenvalue weighted by Gasteiger charge is -2.41. The third kappa shape index (κ3) is 12.7. The number of carbonyl (C=O) groups excluding carboxylic acids is 6. The van der Waals surface area contributed by atoms with Crippen molar-refractivity contribution in [3.63, 3.8) is 0 Å². The Hall–Kier alpha value is -5.80. The number of likely N-dealkylation sites (tertiary alicyclic amines) is 1. The summed E-state index contributed by atoms with van der Waals surface area (Å²) >= 11 is 0. The van der Waals surface area contributed by atoms with Crippen LogP contribution in [0.4, 0.5) is 4.79 Å². The fourth-order valence-corrected chi connectivity index (χ4v) is 10.5. The number of ether oxygens (including phenoxy) is 4. The highest BCUT2D eigenvalue weighted by Crippen LogP contribution is 2.44. The van der Waals surface area contributed by atoms with E-state index in [-0.39, 0.29) is 54.9 Å². The number of amides is 5. The number of likely N-dealkylation sites (N-methyl/N-ethyl adjacent to an activating group) is 2. The molecule has 3 aromatic rings. The topological polar surface area (TPSA) is 173 Å². The number of esters is 1. The highest BCUT2D eigenvalue weighted by Gasteiger charge is 2.44. The summed E-state index contributed by atoms with van der Waals surface area (Å²) in [4.78, 5) is 88.5. The molecule has 0 spiro atoms. The number of hydrogen-bond acceptors (Lipinski definition) is 10. The minimum Gasteiger partial charge on any atom is -0.467 e. The molecule has 9 atom stereocenters. The van der Waals surface area contributed by atoms with Crippen molar-refractivity contribution in [3.05, 3.63) is 95.6 Å². The SMILES string of the molecule is CCC(C)C(C(CC(=O)N1CCCC1C(OC)C(C)C(=O)NC(Cc1ccccc1)C(=O)OC)OC)N(C)C(=O)C(NC(=O)C(C(C)C)N(C)C(=O)OCC1c2ccccc2-c2ccccc21)C(C)C. The van der Waals surface area contributed by atoms with Gasteiger partial charge in [0.25, 0.3) is 0 Å². The summed E-state index contributed by atoms with van der Waals surface area (Å²) in [5.41, 5.74) is 5.23. The van der Waals surface area contributed by atoms with Crippen LogP contribution in [0, 0.1) is 23.7 Å². The smallest absolute Gasteiger partial charge is 0.410 e. The van der Waals surface area contributed by atoms with Gasteiger partial charge >= 0.3 is 12.1 Å². The van der Waals surface area contributed by atoms with Crippen LogP contribution in [0.25, 0.3) is 11.1 Å². The van der Waals surface area contributed by atoms with Gasteiger partial charge in [-0.05, 0) is 58.4 Å². The first-order valence-corrected chi connectivity index (χ1v) is 24.8. The highest BCUT2D eigenvalue weighted by atomic mass is 16.6. The average molecular weight is 968 g/mol. The Morgan fingerprint density at radius 2 is 1.34 bits per heavy atom. The van der Waals surface area contributed by atoms with Gasteiger partial charge < -0.3 is 39.4 Å². The van der Waals surface area contributed by atoms with Gasteiger partial charge in [0.15, 0.2) is 0 Å². The van der Waals surface area contributed by atoms with Crippen molar-refractivity contribution >= 4 is 35.7 Å². The Bertz CT molecular complexity index is 2210. The van der Waals surface area contributed by atoms with Gasteiger partial charge in [-0.25, -0.2) is 9.59 Å². The fraction of sp³-hybridized carbons (Fsp3) is 0.564. The molecule has 2 N–H and O–H groups in total. The van der Waals surface area contributed by atoms with E-state index >= 15 is 0 Å². The lowest BCUT2D eigenvalue weighted by Crippen LogP contribution is -2.60. The zero-order chi connectivity index (χ0) is 51.4. The van der Waals surface area contributed by atoms with Gasteiger partial charge in [0.05, 0.1) is 43.7 Å². The van der Waals surface area contributed by atoms with Gasteiger partial charge in [-0.1, -0.05) is 134 Å². The maximum absolute atomic E-state index is 14.7. The van der Waals surface area contributed by atoms with Crippen LogP contribution in [0.3, 0.4) is 0 Å². The maximum atomic E-state index is 14.7. The first-order chi connectivity index (χ1) is 33.4. The first-order valence-electron chi connectivity index (χ1n) is 24.8. The number of hydrogen-bond donors (Lipinski definition) is 2. The van der Waals surface area contributed by atoms with Crippen molar-refractivity contribution in [2.75, 3.05) is 48.6 Å². The standard InChI is InChI=1S/C55H77N5O10/c1-13-35(6)49(45(67-10)31-46(61)60-29-21-28-44(60)50(68-11)36(7)51(62)56-43(54(65)69-12)30-37-22-15-14-16-23-37)58(8)53(64)47(33(2)3)57-52(63)48(34(4)5)59(9)55(66)70-32-42-40-26-19-17-24-38(40)39-25-18-20-27-41(39)42/h14-20,22-27,33-36,42-45,47-50H,13,21,28-32H2,1-12H3,(H,56,62)(H,57,63). The summed E-state index contributed by atoms with van der Waals surface area (Å²) in [6.07, 6.45) is 0.0709. The molecule has 1 heterocycles. The average Bonchev–Trinajstić information content (AvgIpc) is 3.97. The number of benzene rings is 3. The van der Waals surface area contributed by atoms with Crippen molar-refractivity contribution in [2.45, 2.75) is 129 Å². The number of nitrogens with zero attached hydrogens (tertiary/aromatic N) is 3. The lowest BCUT2D eigenvalue weighted by molar-refractivity contribution is -0.149. The van der Waals surface area contributed by atoms with Crippen LogP contribution in [0.5, 0.6) is 0 Å². The van der Waals surface area contributed by atoms with Crippen molar-refractivity contribution in [2.24, 2.45) is 23.7 Å². The normalized spacial score (nSPS) is 17.8. The van der Waals surface area contributed by atoms with Gasteiger partial charge in [0, 0.05) is 47.2 Å². The molecule has 1 fully saturated rings. The van der Waals surface area contributed by atoms with E-state index in [9.17, 15) is 28.8 Å². The molecule has 0 radical (unpaired) electrons. The maximum Gasteiger partial charge on any atom is 0.410 e. The first kappa shape index (κ1) is 55.1. The molecular formula is C55H77N5O10. The highest BCUT2D eigenvalue weighted by molar-refractivity contribution is 5.92. The van der Waals surface area contributed by atoms with Gasteiger partial charge in [-0.3, -0.25) is 24.1 Å². The van der Waals surface area contributed by atoms with Crippen LogP contribution >= 0.6 is 0 Å². The third-order valence-corrected chi connectivity index (χ3v) is 14.5. The Morgan fingerprint density at radius 1 is 0.743 bits per heavy atom. The Balaban J connectivity index is 1.26. The van der Waals surface area contributed by atoms with E-state index in [1.165, 1.54) is 26.2 Å². The molecule has 1 aliphatic heterocycles. The monoisotopic (exact) mass is 968 g/mol. The second-order valence-electron chi connectivity index (χ2n) is 19.7. The minimum atomic E-state index is -0.973. The molecule has 5 amide bonds. The van der Waals surface area contributed by atoms with Crippen LogP contribution in [0.15, 0.2) is 78.9 Å². The van der Waals surface area contributed by atoms with Crippen LogP contribution in [-0.2, 0) is 49.3 Å². The summed E-state index contributed by atoms with van der Waals surface area (Å²) in [6.45, 7) is 13.7. The summed E-state index contributed by atoms with van der Waals surface area (Å²) in [6, 6.07) is 21.7. The van der Waals surface area contributed by atoms with Crippen molar-refractivity contribution in [1.29, 1.82) is 0 Å². The zero-order valence-corrected chi connectivity index (χ0v) is 43.3. The molecule has 9 unspecified atom stereocenters. The van der Waals surface area contributed by atoms with Crippen molar-refractivity contribution in [3.8, 4) is 11.1 Å². The van der Waals surface area contributed by atoms with E-state index in [0.29, 0.717) is 25.8 Å². The number of carbonyl (C=O) groups is 6. The second kappa shape index (κ2) is 25.4. The second-order valence-corrected chi connectivity index (χ2v) is 19.7. The summed E-state index contributed by atoms with van der Waals surface area (Å²) < 4.78 is 23.0. The van der Waals surface area contributed by atoms with E-state index in [4.69, 9.17) is 18.9 Å².